The number of thiophene rings is 1. The van der Waals surface area contributed by atoms with Crippen molar-refractivity contribution in [2.24, 2.45) is 0 Å². The van der Waals surface area contributed by atoms with Gasteiger partial charge in [0.2, 0.25) is 5.89 Å². The summed E-state index contributed by atoms with van der Waals surface area (Å²) in [7, 11) is 2.08. The van der Waals surface area contributed by atoms with Crippen molar-refractivity contribution < 1.29 is 4.42 Å². The summed E-state index contributed by atoms with van der Waals surface area (Å²) in [6.07, 6.45) is 0. The Bertz CT molecular complexity index is 705. The molecule has 2 N–H and O–H groups in total. The van der Waals surface area contributed by atoms with E-state index in [1.54, 1.807) is 11.3 Å². The number of nitrogen functional groups attached to an aromatic ring is 1. The van der Waals surface area contributed by atoms with Crippen LogP contribution in [0.25, 0.3) is 11.1 Å². The van der Waals surface area contributed by atoms with E-state index in [1.165, 1.54) is 4.88 Å². The van der Waals surface area contributed by atoms with Gasteiger partial charge in [-0.05, 0) is 37.6 Å². The maximum Gasteiger partial charge on any atom is 0.209 e. The predicted octanol–water partition coefficient (Wildman–Crippen LogP) is 3.66. The summed E-state index contributed by atoms with van der Waals surface area (Å²) < 4.78 is 5.76. The van der Waals surface area contributed by atoms with Gasteiger partial charge in [-0.15, -0.1) is 11.3 Å². The minimum Gasteiger partial charge on any atom is -0.439 e. The van der Waals surface area contributed by atoms with Crippen LogP contribution in [0, 0.1) is 0 Å². The molecule has 0 aliphatic carbocycles. The van der Waals surface area contributed by atoms with Gasteiger partial charge in [0.25, 0.3) is 0 Å². The molecule has 3 rings (SSSR count). The normalized spacial score (nSPS) is 13.2. The smallest absolute Gasteiger partial charge is 0.209 e. The SMILES string of the molecule is CC(c1cccs1)N(C)Cc1nc2ccc(N)cc2o1. The van der Waals surface area contributed by atoms with Crippen molar-refractivity contribution in [3.05, 3.63) is 46.5 Å². The van der Waals surface area contributed by atoms with Gasteiger partial charge in [0, 0.05) is 22.7 Å². The first-order valence-corrected chi connectivity index (χ1v) is 7.40. The zero-order valence-electron chi connectivity index (χ0n) is 11.5. The third kappa shape index (κ3) is 2.55. The van der Waals surface area contributed by atoms with Crippen LogP contribution in [0.1, 0.15) is 23.7 Å². The van der Waals surface area contributed by atoms with Gasteiger partial charge < -0.3 is 10.2 Å². The van der Waals surface area contributed by atoms with Gasteiger partial charge in [-0.1, -0.05) is 6.07 Å². The molecule has 104 valence electrons. The van der Waals surface area contributed by atoms with Crippen LogP contribution in [0.3, 0.4) is 0 Å². The lowest BCUT2D eigenvalue weighted by Crippen LogP contribution is -2.21. The highest BCUT2D eigenvalue weighted by atomic mass is 32.1. The Kier molecular flexibility index (Phi) is 3.46. The van der Waals surface area contributed by atoms with Gasteiger partial charge in [-0.3, -0.25) is 4.90 Å². The highest BCUT2D eigenvalue weighted by molar-refractivity contribution is 7.10. The van der Waals surface area contributed by atoms with Crippen LogP contribution in [-0.4, -0.2) is 16.9 Å². The number of anilines is 1. The van der Waals surface area contributed by atoms with Crippen molar-refractivity contribution in [1.29, 1.82) is 0 Å². The standard InChI is InChI=1S/C15H17N3OS/c1-10(14-4-3-7-20-14)18(2)9-15-17-12-6-5-11(16)8-13(12)19-15/h3-8,10H,9,16H2,1-2H3. The Balaban J connectivity index is 1.78. The Morgan fingerprint density at radius 1 is 1.40 bits per heavy atom. The molecule has 2 heterocycles. The van der Waals surface area contributed by atoms with Gasteiger partial charge in [0.1, 0.15) is 5.52 Å². The lowest BCUT2D eigenvalue weighted by atomic mass is 10.2. The van der Waals surface area contributed by atoms with Crippen molar-refractivity contribution in [2.45, 2.75) is 19.5 Å². The summed E-state index contributed by atoms with van der Waals surface area (Å²) in [6, 6.07) is 10.1. The van der Waals surface area contributed by atoms with E-state index in [1.807, 2.05) is 18.2 Å². The van der Waals surface area contributed by atoms with Gasteiger partial charge in [-0.2, -0.15) is 0 Å². The molecular formula is C15H17N3OS. The van der Waals surface area contributed by atoms with Crippen molar-refractivity contribution in [1.82, 2.24) is 9.88 Å². The first kappa shape index (κ1) is 13.1. The minimum atomic E-state index is 0.343. The highest BCUT2D eigenvalue weighted by Crippen LogP contribution is 2.25. The Labute approximate surface area is 121 Å². The number of hydrogen-bond acceptors (Lipinski definition) is 5. The fourth-order valence-electron chi connectivity index (χ4n) is 2.15. The lowest BCUT2D eigenvalue weighted by Gasteiger charge is -2.21. The van der Waals surface area contributed by atoms with Crippen molar-refractivity contribution in [3.8, 4) is 0 Å². The van der Waals surface area contributed by atoms with E-state index in [-0.39, 0.29) is 0 Å². The average molecular weight is 287 g/mol. The number of oxazole rings is 1. The van der Waals surface area contributed by atoms with E-state index in [2.05, 4.69) is 41.4 Å². The second kappa shape index (κ2) is 5.26. The second-order valence-electron chi connectivity index (χ2n) is 4.94. The molecule has 1 atom stereocenters. The largest absolute Gasteiger partial charge is 0.439 e. The molecular weight excluding hydrogens is 270 g/mol. The molecule has 1 aromatic carbocycles. The van der Waals surface area contributed by atoms with E-state index < -0.39 is 0 Å². The fourth-order valence-corrected chi connectivity index (χ4v) is 3.00. The molecule has 0 radical (unpaired) electrons. The third-order valence-electron chi connectivity index (χ3n) is 3.46. The lowest BCUT2D eigenvalue weighted by molar-refractivity contribution is 0.233. The predicted molar refractivity (Wildman–Crippen MR) is 82.6 cm³/mol. The molecule has 2 aromatic heterocycles. The first-order valence-electron chi connectivity index (χ1n) is 6.52. The molecule has 1 unspecified atom stereocenters. The van der Waals surface area contributed by atoms with E-state index in [4.69, 9.17) is 10.2 Å². The maximum absolute atomic E-state index is 5.76. The summed E-state index contributed by atoms with van der Waals surface area (Å²) in [5, 5.41) is 2.10. The molecule has 0 saturated heterocycles. The van der Waals surface area contributed by atoms with Crippen LogP contribution in [0.4, 0.5) is 5.69 Å². The number of benzene rings is 1. The number of aromatic nitrogens is 1. The topological polar surface area (TPSA) is 55.3 Å². The van der Waals surface area contributed by atoms with Crippen LogP contribution >= 0.6 is 11.3 Å². The fraction of sp³-hybridized carbons (Fsp3) is 0.267. The van der Waals surface area contributed by atoms with Crippen molar-refractivity contribution in [2.75, 3.05) is 12.8 Å². The second-order valence-corrected chi connectivity index (χ2v) is 5.92. The zero-order valence-corrected chi connectivity index (χ0v) is 12.4. The van der Waals surface area contributed by atoms with Crippen molar-refractivity contribution >= 4 is 28.1 Å². The molecule has 5 heteroatoms. The molecule has 0 fully saturated rings. The molecule has 20 heavy (non-hydrogen) atoms. The summed E-state index contributed by atoms with van der Waals surface area (Å²) in [6.45, 7) is 2.86. The van der Waals surface area contributed by atoms with E-state index in [9.17, 15) is 0 Å². The summed E-state index contributed by atoms with van der Waals surface area (Å²) >= 11 is 1.77. The van der Waals surface area contributed by atoms with Gasteiger partial charge in [-0.25, -0.2) is 4.98 Å². The van der Waals surface area contributed by atoms with E-state index in [0.717, 1.165) is 17.0 Å². The third-order valence-corrected chi connectivity index (χ3v) is 4.50. The molecule has 0 aliphatic heterocycles. The van der Waals surface area contributed by atoms with E-state index in [0.29, 0.717) is 18.3 Å². The summed E-state index contributed by atoms with van der Waals surface area (Å²) in [5.74, 6) is 0.719. The number of nitrogens with two attached hydrogens (primary N) is 1. The monoisotopic (exact) mass is 287 g/mol. The molecule has 0 spiro atoms. The molecule has 3 aromatic rings. The molecule has 0 amide bonds. The van der Waals surface area contributed by atoms with Gasteiger partial charge in [0.05, 0.1) is 6.54 Å². The molecule has 4 nitrogen and oxygen atoms in total. The number of hydrogen-bond donors (Lipinski definition) is 1. The van der Waals surface area contributed by atoms with Crippen LogP contribution in [-0.2, 0) is 6.54 Å². The molecule has 0 bridgehead atoms. The molecule has 0 aliphatic rings. The van der Waals surface area contributed by atoms with Crippen LogP contribution in [0.5, 0.6) is 0 Å². The maximum atomic E-state index is 5.76. The molecule has 0 saturated carbocycles. The minimum absolute atomic E-state index is 0.343. The van der Waals surface area contributed by atoms with Crippen molar-refractivity contribution in [3.63, 3.8) is 0 Å². The van der Waals surface area contributed by atoms with Gasteiger partial charge >= 0.3 is 0 Å². The average Bonchev–Trinajstić information content (AvgIpc) is 3.05. The Morgan fingerprint density at radius 3 is 3.00 bits per heavy atom. The van der Waals surface area contributed by atoms with Crippen LogP contribution < -0.4 is 5.73 Å². The first-order chi connectivity index (χ1) is 9.63. The number of fused-ring (bicyclic) bond motifs is 1. The Morgan fingerprint density at radius 2 is 2.25 bits per heavy atom. The number of nitrogens with zero attached hydrogens (tertiary/aromatic N) is 2. The van der Waals surface area contributed by atoms with Crippen LogP contribution in [0.15, 0.2) is 40.1 Å². The quantitative estimate of drug-likeness (QED) is 0.744. The Hall–Kier alpha value is -1.85. The summed E-state index contributed by atoms with van der Waals surface area (Å²) in [5.41, 5.74) is 8.05. The van der Waals surface area contributed by atoms with Crippen LogP contribution in [0.2, 0.25) is 0 Å². The highest BCUT2D eigenvalue weighted by Gasteiger charge is 2.15. The van der Waals surface area contributed by atoms with E-state index >= 15 is 0 Å². The zero-order chi connectivity index (χ0) is 14.1. The number of rotatable bonds is 4. The van der Waals surface area contributed by atoms with Gasteiger partial charge in [0.15, 0.2) is 5.58 Å². The summed E-state index contributed by atoms with van der Waals surface area (Å²) in [4.78, 5) is 8.06.